The Morgan fingerprint density at radius 1 is 0.500 bits per heavy atom. The van der Waals surface area contributed by atoms with Crippen LogP contribution in [0.25, 0.3) is 0 Å². The van der Waals surface area contributed by atoms with Gasteiger partial charge in [-0.15, -0.1) is 0 Å². The minimum absolute atomic E-state index is 0.0450. The van der Waals surface area contributed by atoms with Crippen molar-refractivity contribution in [3.63, 3.8) is 0 Å². The largest absolute Gasteiger partial charge is 0.477 e. The van der Waals surface area contributed by atoms with Gasteiger partial charge in [0, 0.05) is 19.3 Å². The van der Waals surface area contributed by atoms with Crippen LogP contribution in [0.4, 0.5) is 0 Å². The number of aliphatic carboxylic acids is 1. The third kappa shape index (κ3) is 34.1. The zero-order valence-electron chi connectivity index (χ0n) is 35.0. The number of carbonyl (C=O) groups excluding carboxylic acids is 2. The lowest BCUT2D eigenvalue weighted by molar-refractivity contribution is -0.887. The van der Waals surface area contributed by atoms with Crippen molar-refractivity contribution in [2.24, 2.45) is 0 Å². The van der Waals surface area contributed by atoms with Gasteiger partial charge in [-0.2, -0.15) is 0 Å². The van der Waals surface area contributed by atoms with Crippen LogP contribution < -0.4 is 0 Å². The fraction of sp³-hybridized carbons (Fsp3) is 0.932. The van der Waals surface area contributed by atoms with Gasteiger partial charge in [0.15, 0.2) is 12.1 Å². The van der Waals surface area contributed by atoms with E-state index in [1.165, 1.54) is 135 Å². The monoisotopic (exact) mass is 741 g/mol. The number of likely N-dealkylation sites (N-methyl/N-ethyl adjacent to an activating group) is 1. The number of rotatable bonds is 40. The van der Waals surface area contributed by atoms with E-state index in [1.807, 2.05) is 21.1 Å². The third-order valence-corrected chi connectivity index (χ3v) is 10.3. The summed E-state index contributed by atoms with van der Waals surface area (Å²) in [4.78, 5) is 36.6. The fourth-order valence-electron chi connectivity index (χ4n) is 6.80. The van der Waals surface area contributed by atoms with E-state index in [2.05, 4.69) is 13.8 Å². The highest BCUT2D eigenvalue weighted by atomic mass is 16.6. The Labute approximate surface area is 321 Å². The van der Waals surface area contributed by atoms with Crippen LogP contribution in [0.1, 0.15) is 213 Å². The fourth-order valence-corrected chi connectivity index (χ4v) is 6.80. The maximum atomic E-state index is 12.7. The molecule has 2 atom stereocenters. The second-order valence-corrected chi connectivity index (χ2v) is 16.3. The number of carboxylic acid groups (broad SMARTS) is 1. The molecule has 0 heterocycles. The standard InChI is InChI=1S/C44H85NO7/c1-6-8-10-12-13-14-15-16-17-18-19-20-21-22-23-24-25-26-27-28-29-31-33-35-43(47)52-40(39-51-42(46)34-32-30-11-9-7-2)38-50-37-36-41(44(48)49)45(3,4)5/h40-41H,6-39H2,1-5H3/p+1. The number of hydrogen-bond donors (Lipinski definition) is 1. The molecule has 0 amide bonds. The van der Waals surface area contributed by atoms with Crippen LogP contribution >= 0.6 is 0 Å². The highest BCUT2D eigenvalue weighted by Crippen LogP contribution is 2.16. The lowest BCUT2D eigenvalue weighted by atomic mass is 10.0. The van der Waals surface area contributed by atoms with Gasteiger partial charge in [-0.1, -0.05) is 181 Å². The third-order valence-electron chi connectivity index (χ3n) is 10.3. The van der Waals surface area contributed by atoms with Gasteiger partial charge in [-0.3, -0.25) is 9.59 Å². The predicted octanol–water partition coefficient (Wildman–Crippen LogP) is 11.8. The molecule has 0 aliphatic rings. The molecule has 0 aliphatic carbocycles. The molecule has 0 fully saturated rings. The molecule has 1 N–H and O–H groups in total. The molecule has 0 aromatic rings. The Hall–Kier alpha value is -1.67. The van der Waals surface area contributed by atoms with E-state index in [0.717, 1.165) is 44.9 Å². The summed E-state index contributed by atoms with van der Waals surface area (Å²) in [5.41, 5.74) is 0. The van der Waals surface area contributed by atoms with Gasteiger partial charge in [-0.25, -0.2) is 4.79 Å². The van der Waals surface area contributed by atoms with E-state index in [1.54, 1.807) is 0 Å². The Kier molecular flexibility index (Phi) is 35.1. The van der Waals surface area contributed by atoms with Crippen LogP contribution in [-0.2, 0) is 28.6 Å². The first-order valence-corrected chi connectivity index (χ1v) is 22.1. The van der Waals surface area contributed by atoms with Gasteiger partial charge in [0.1, 0.15) is 6.61 Å². The summed E-state index contributed by atoms with van der Waals surface area (Å²) in [6, 6.07) is -0.606. The molecular formula is C44H86NO7+. The summed E-state index contributed by atoms with van der Waals surface area (Å²) < 4.78 is 17.1. The number of nitrogens with zero attached hydrogens (tertiary/aromatic N) is 1. The number of carbonyl (C=O) groups is 3. The molecule has 2 unspecified atom stereocenters. The Bertz CT molecular complexity index is 828. The van der Waals surface area contributed by atoms with Gasteiger partial charge >= 0.3 is 17.9 Å². The summed E-state index contributed by atoms with van der Waals surface area (Å²) in [6.45, 7) is 4.68. The van der Waals surface area contributed by atoms with Crippen LogP contribution in [0.15, 0.2) is 0 Å². The number of esters is 2. The number of ether oxygens (including phenoxy) is 3. The molecule has 52 heavy (non-hydrogen) atoms. The van der Waals surface area contributed by atoms with E-state index in [9.17, 15) is 19.5 Å². The van der Waals surface area contributed by atoms with Crippen LogP contribution in [-0.4, -0.2) is 80.6 Å². The minimum Gasteiger partial charge on any atom is -0.477 e. The molecule has 0 aromatic heterocycles. The molecule has 0 spiro atoms. The Morgan fingerprint density at radius 3 is 1.19 bits per heavy atom. The van der Waals surface area contributed by atoms with Crippen molar-refractivity contribution in [1.29, 1.82) is 0 Å². The maximum absolute atomic E-state index is 12.7. The average molecular weight is 741 g/mol. The summed E-state index contributed by atoms with van der Waals surface area (Å²) in [6.07, 6.45) is 36.2. The molecule has 0 radical (unpaired) electrons. The van der Waals surface area contributed by atoms with Crippen LogP contribution in [0.3, 0.4) is 0 Å². The minimum atomic E-state index is -0.873. The van der Waals surface area contributed by atoms with Crippen molar-refractivity contribution < 1.29 is 38.2 Å². The lowest BCUT2D eigenvalue weighted by Gasteiger charge is -2.31. The summed E-state index contributed by atoms with van der Waals surface area (Å²) in [7, 11) is 5.52. The first kappa shape index (κ1) is 50.3. The summed E-state index contributed by atoms with van der Waals surface area (Å²) in [5, 5.41) is 9.57. The molecule has 0 rings (SSSR count). The number of unbranched alkanes of at least 4 members (excludes halogenated alkanes) is 26. The van der Waals surface area contributed by atoms with Gasteiger partial charge in [0.05, 0.1) is 34.4 Å². The Morgan fingerprint density at radius 2 is 0.846 bits per heavy atom. The molecule has 0 bridgehead atoms. The second kappa shape index (κ2) is 36.3. The van der Waals surface area contributed by atoms with E-state index >= 15 is 0 Å². The lowest BCUT2D eigenvalue weighted by Crippen LogP contribution is -2.50. The number of hydrogen-bond acceptors (Lipinski definition) is 6. The summed E-state index contributed by atoms with van der Waals surface area (Å²) >= 11 is 0. The molecule has 0 saturated carbocycles. The van der Waals surface area contributed by atoms with Crippen molar-refractivity contribution in [3.05, 3.63) is 0 Å². The van der Waals surface area contributed by atoms with Crippen LogP contribution in [0, 0.1) is 0 Å². The van der Waals surface area contributed by atoms with E-state index in [4.69, 9.17) is 14.2 Å². The van der Waals surface area contributed by atoms with Gasteiger partial charge in [-0.05, 0) is 12.8 Å². The molecular weight excluding hydrogens is 654 g/mol. The number of quaternary nitrogens is 1. The number of carboxylic acids is 1. The molecule has 8 heteroatoms. The average Bonchev–Trinajstić information content (AvgIpc) is 3.09. The van der Waals surface area contributed by atoms with Gasteiger partial charge in [0.25, 0.3) is 0 Å². The SMILES string of the molecule is CCCCCCCCCCCCCCCCCCCCCCCCCC(=O)OC(COCCC(C(=O)O)[N+](C)(C)C)COC(=O)CCCCCCC. The van der Waals surface area contributed by atoms with Gasteiger partial charge in [0.2, 0.25) is 0 Å². The zero-order valence-corrected chi connectivity index (χ0v) is 35.0. The normalized spacial score (nSPS) is 12.9. The molecule has 0 aromatic carbocycles. The molecule has 0 saturated heterocycles. The van der Waals surface area contributed by atoms with E-state index < -0.39 is 18.1 Å². The topological polar surface area (TPSA) is 99.1 Å². The second-order valence-electron chi connectivity index (χ2n) is 16.3. The van der Waals surface area contributed by atoms with Gasteiger partial charge < -0.3 is 23.8 Å². The molecule has 0 aliphatic heterocycles. The summed E-state index contributed by atoms with van der Waals surface area (Å²) in [5.74, 6) is -1.46. The maximum Gasteiger partial charge on any atom is 0.362 e. The van der Waals surface area contributed by atoms with E-state index in [0.29, 0.717) is 19.3 Å². The Balaban J connectivity index is 4.01. The van der Waals surface area contributed by atoms with Crippen molar-refractivity contribution in [3.8, 4) is 0 Å². The van der Waals surface area contributed by atoms with Crippen molar-refractivity contribution >= 4 is 17.9 Å². The first-order valence-electron chi connectivity index (χ1n) is 22.1. The van der Waals surface area contributed by atoms with Crippen molar-refractivity contribution in [2.75, 3.05) is 41.0 Å². The predicted molar refractivity (Wildman–Crippen MR) is 216 cm³/mol. The quantitative estimate of drug-likeness (QED) is 0.0379. The van der Waals surface area contributed by atoms with Crippen molar-refractivity contribution in [1.82, 2.24) is 0 Å². The highest BCUT2D eigenvalue weighted by molar-refractivity contribution is 5.72. The zero-order chi connectivity index (χ0) is 38.5. The highest BCUT2D eigenvalue weighted by Gasteiger charge is 2.31. The van der Waals surface area contributed by atoms with Crippen LogP contribution in [0.5, 0.6) is 0 Å². The van der Waals surface area contributed by atoms with Crippen LogP contribution in [0.2, 0.25) is 0 Å². The smallest absolute Gasteiger partial charge is 0.362 e. The first-order chi connectivity index (χ1) is 25.1. The van der Waals surface area contributed by atoms with E-state index in [-0.39, 0.29) is 36.2 Å². The molecule has 8 nitrogen and oxygen atoms in total. The van der Waals surface area contributed by atoms with Crippen molar-refractivity contribution in [2.45, 2.75) is 225 Å². The molecule has 308 valence electrons.